The lowest BCUT2D eigenvalue weighted by Gasteiger charge is -2.15. The zero-order chi connectivity index (χ0) is 25.0. The smallest absolute Gasteiger partial charge is 0.534 e. The Balaban J connectivity index is 1.74. The van der Waals surface area contributed by atoms with Gasteiger partial charge in [-0.1, -0.05) is 42.5 Å². The minimum absolute atomic E-state index is 0.179. The lowest BCUT2D eigenvalue weighted by atomic mass is 9.80. The van der Waals surface area contributed by atoms with E-state index in [2.05, 4.69) is 11.6 Å². The van der Waals surface area contributed by atoms with Crippen molar-refractivity contribution in [2.24, 2.45) is 0 Å². The predicted octanol–water partition coefficient (Wildman–Crippen LogP) is 4.29. The van der Waals surface area contributed by atoms with Crippen molar-refractivity contribution in [1.82, 2.24) is 8.96 Å². The minimum atomic E-state index is -3.91. The number of hydrogen-bond donors (Lipinski definition) is 0. The van der Waals surface area contributed by atoms with Crippen LogP contribution in [0.5, 0.6) is 5.75 Å². The minimum Gasteiger partial charge on any atom is -0.534 e. The predicted molar refractivity (Wildman–Crippen MR) is 136 cm³/mol. The summed E-state index contributed by atoms with van der Waals surface area (Å²) < 4.78 is 46.0. The number of methoxy groups -OCH3 is 1. The molecule has 0 bridgehead atoms. The van der Waals surface area contributed by atoms with Gasteiger partial charge in [0.1, 0.15) is 11.4 Å². The van der Waals surface area contributed by atoms with Crippen LogP contribution in [-0.2, 0) is 19.3 Å². The van der Waals surface area contributed by atoms with E-state index in [4.69, 9.17) is 14.0 Å². The van der Waals surface area contributed by atoms with Gasteiger partial charge in [-0.2, -0.15) is 0 Å². The zero-order valence-electron chi connectivity index (χ0n) is 20.0. The average Bonchev–Trinajstić information content (AvgIpc) is 3.36. The van der Waals surface area contributed by atoms with Gasteiger partial charge in [0.05, 0.1) is 17.8 Å². The zero-order valence-corrected chi connectivity index (χ0v) is 20.8. The summed E-state index contributed by atoms with van der Waals surface area (Å²) in [6.07, 6.45) is 3.17. The normalized spacial score (nSPS) is 15.4. The number of hydrogen-bond acceptors (Lipinski definition) is 6. The van der Waals surface area contributed by atoms with Crippen molar-refractivity contribution in [3.63, 3.8) is 0 Å². The number of rotatable bonds is 5. The molecule has 1 saturated heterocycles. The highest BCUT2D eigenvalue weighted by molar-refractivity contribution is 7.90. The third-order valence-corrected chi connectivity index (χ3v) is 7.87. The van der Waals surface area contributed by atoms with Crippen molar-refractivity contribution in [2.45, 2.75) is 31.3 Å². The highest BCUT2D eigenvalue weighted by Gasteiger charge is 2.43. The molecule has 5 rings (SSSR count). The molecule has 4 aromatic rings. The maximum absolute atomic E-state index is 13.7. The number of nitrogens with zero attached hydrogens (tertiary/aromatic N) is 2. The standard InChI is InChI=1S/C26H25BN2O5S/c1-17-10-12-20(13-11-17)35(30,31)29-16-23(21-8-6-7-9-24(21)32-5)22-14-19(15-28-25(22)29)27-33-18(2)26(3,4)34-27/h6-16H,2H2,1,3-5H3. The number of benzene rings is 2. The molecule has 0 N–H and O–H groups in total. The van der Waals surface area contributed by atoms with Crippen molar-refractivity contribution in [1.29, 1.82) is 0 Å². The first kappa shape index (κ1) is 23.2. The van der Waals surface area contributed by atoms with E-state index in [0.29, 0.717) is 33.6 Å². The van der Waals surface area contributed by atoms with Gasteiger partial charge in [0.2, 0.25) is 0 Å². The number of fused-ring (bicyclic) bond motifs is 1. The van der Waals surface area contributed by atoms with E-state index in [1.54, 1.807) is 43.8 Å². The van der Waals surface area contributed by atoms with Crippen LogP contribution in [0.2, 0.25) is 0 Å². The SMILES string of the molecule is C=C1OB(c2cnc3c(c2)c(-c2ccccc2OC)cn3S(=O)(=O)c2ccc(C)cc2)OC1(C)C. The van der Waals surface area contributed by atoms with Gasteiger partial charge in [0.15, 0.2) is 5.65 Å². The molecule has 7 nitrogen and oxygen atoms in total. The van der Waals surface area contributed by atoms with Gasteiger partial charge in [0.25, 0.3) is 10.0 Å². The molecule has 0 radical (unpaired) electrons. The van der Waals surface area contributed by atoms with Gasteiger partial charge in [-0.25, -0.2) is 17.4 Å². The summed E-state index contributed by atoms with van der Waals surface area (Å²) in [6, 6.07) is 16.1. The molecule has 1 fully saturated rings. The van der Waals surface area contributed by atoms with Gasteiger partial charge < -0.3 is 14.0 Å². The van der Waals surface area contributed by atoms with Crippen LogP contribution >= 0.6 is 0 Å². The highest BCUT2D eigenvalue weighted by Crippen LogP contribution is 2.37. The Hall–Kier alpha value is -3.56. The number of ether oxygens (including phenoxy) is 1. The summed E-state index contributed by atoms with van der Waals surface area (Å²) in [5, 5.41) is 0.630. The average molecular weight is 488 g/mol. The Kier molecular flexibility index (Phi) is 5.49. The molecule has 0 spiro atoms. The van der Waals surface area contributed by atoms with Crippen molar-refractivity contribution >= 4 is 33.6 Å². The largest absolute Gasteiger partial charge is 0.564 e. The Labute approximate surface area is 205 Å². The molecule has 0 atom stereocenters. The van der Waals surface area contributed by atoms with E-state index in [0.717, 1.165) is 11.1 Å². The Morgan fingerprint density at radius 2 is 1.80 bits per heavy atom. The molecule has 0 saturated carbocycles. The maximum atomic E-state index is 13.7. The summed E-state index contributed by atoms with van der Waals surface area (Å²) in [5.74, 6) is 1.14. The second kappa shape index (κ2) is 8.28. The molecule has 0 amide bonds. The molecule has 2 aromatic carbocycles. The number of para-hydroxylation sites is 1. The van der Waals surface area contributed by atoms with Crippen LogP contribution in [0.3, 0.4) is 0 Å². The first-order chi connectivity index (χ1) is 16.6. The lowest BCUT2D eigenvalue weighted by molar-refractivity contribution is 0.173. The first-order valence-electron chi connectivity index (χ1n) is 11.1. The second-order valence-corrected chi connectivity index (χ2v) is 10.8. The van der Waals surface area contributed by atoms with Crippen LogP contribution in [0, 0.1) is 6.92 Å². The fraction of sp³-hybridized carbons (Fsp3) is 0.192. The Morgan fingerprint density at radius 1 is 1.09 bits per heavy atom. The monoisotopic (exact) mass is 488 g/mol. The molecule has 1 aliphatic rings. The third kappa shape index (κ3) is 3.90. The van der Waals surface area contributed by atoms with Crippen molar-refractivity contribution in [3.05, 3.63) is 84.9 Å². The molecule has 0 aliphatic carbocycles. The van der Waals surface area contributed by atoms with Gasteiger partial charge in [-0.15, -0.1) is 0 Å². The maximum Gasteiger partial charge on any atom is 0.564 e. The molecular weight excluding hydrogens is 463 g/mol. The molecule has 1 aliphatic heterocycles. The van der Waals surface area contributed by atoms with E-state index >= 15 is 0 Å². The van der Waals surface area contributed by atoms with Gasteiger partial charge in [0, 0.05) is 34.4 Å². The van der Waals surface area contributed by atoms with Gasteiger partial charge in [-0.3, -0.25) is 0 Å². The number of aryl methyl sites for hydroxylation is 1. The molecule has 2 aromatic heterocycles. The van der Waals surface area contributed by atoms with Crippen molar-refractivity contribution in [3.8, 4) is 16.9 Å². The van der Waals surface area contributed by atoms with Crippen molar-refractivity contribution in [2.75, 3.05) is 7.11 Å². The molecule has 178 valence electrons. The molecule has 9 heteroatoms. The molecule has 35 heavy (non-hydrogen) atoms. The van der Waals surface area contributed by atoms with E-state index in [1.807, 2.05) is 51.1 Å². The Morgan fingerprint density at radius 3 is 2.46 bits per heavy atom. The van der Waals surface area contributed by atoms with E-state index in [1.165, 1.54) is 3.97 Å². The fourth-order valence-corrected chi connectivity index (χ4v) is 5.40. The summed E-state index contributed by atoms with van der Waals surface area (Å²) >= 11 is 0. The summed E-state index contributed by atoms with van der Waals surface area (Å²) in [5.41, 5.74) is 2.69. The van der Waals surface area contributed by atoms with Crippen LogP contribution < -0.4 is 10.2 Å². The third-order valence-electron chi connectivity index (χ3n) is 6.20. The van der Waals surface area contributed by atoms with Crippen LogP contribution in [0.15, 0.2) is 84.2 Å². The first-order valence-corrected chi connectivity index (χ1v) is 12.6. The topological polar surface area (TPSA) is 79.7 Å². The number of pyridine rings is 1. The van der Waals surface area contributed by atoms with E-state index < -0.39 is 22.7 Å². The quantitative estimate of drug-likeness (QED) is 0.390. The fourth-order valence-electron chi connectivity index (χ4n) is 4.08. The summed E-state index contributed by atoms with van der Waals surface area (Å²) in [6.45, 7) is 9.61. The Bertz CT molecular complexity index is 1560. The van der Waals surface area contributed by atoms with Crippen LogP contribution in [0.4, 0.5) is 0 Å². The molecule has 0 unspecified atom stereocenters. The van der Waals surface area contributed by atoms with Gasteiger partial charge >= 0.3 is 7.12 Å². The van der Waals surface area contributed by atoms with Crippen LogP contribution in [0.25, 0.3) is 22.2 Å². The summed E-state index contributed by atoms with van der Waals surface area (Å²) in [7, 11) is -3.03. The van der Waals surface area contributed by atoms with Gasteiger partial charge in [-0.05, 0) is 45.0 Å². The van der Waals surface area contributed by atoms with E-state index in [-0.39, 0.29) is 4.90 Å². The van der Waals surface area contributed by atoms with Crippen LogP contribution in [-0.4, -0.2) is 37.2 Å². The lowest BCUT2D eigenvalue weighted by Crippen LogP contribution is -2.34. The molecule has 3 heterocycles. The highest BCUT2D eigenvalue weighted by atomic mass is 32.2. The second-order valence-electron chi connectivity index (χ2n) is 9.00. The van der Waals surface area contributed by atoms with Crippen molar-refractivity contribution < 1.29 is 22.5 Å². The summed E-state index contributed by atoms with van der Waals surface area (Å²) in [4.78, 5) is 4.74. The van der Waals surface area contributed by atoms with Crippen LogP contribution in [0.1, 0.15) is 19.4 Å². The van der Waals surface area contributed by atoms with E-state index in [9.17, 15) is 8.42 Å². The molecular formula is C26H25BN2O5S. The number of aromatic nitrogens is 2.